The fourth-order valence-corrected chi connectivity index (χ4v) is 1.51. The minimum absolute atomic E-state index is 0.0217. The Balaban J connectivity index is 2.22. The Kier molecular flexibility index (Phi) is 3.93. The molecule has 1 fully saturated rings. The molecule has 0 aromatic rings. The molecule has 0 unspecified atom stereocenters. The maximum absolute atomic E-state index is 11.3. The van der Waals surface area contributed by atoms with Gasteiger partial charge in [0, 0.05) is 0 Å². The summed E-state index contributed by atoms with van der Waals surface area (Å²) in [5, 5.41) is 14.7. The molecule has 1 aliphatic rings. The normalized spacial score (nSPS) is 18.0. The van der Waals surface area contributed by atoms with Crippen molar-refractivity contribution in [1.82, 2.24) is 10.6 Å². The van der Waals surface area contributed by atoms with E-state index in [0.29, 0.717) is 6.54 Å². The zero-order chi connectivity index (χ0) is 10.4. The largest absolute Gasteiger partial charge is 0.394 e. The first kappa shape index (κ1) is 11.0. The van der Waals surface area contributed by atoms with Crippen LogP contribution < -0.4 is 10.6 Å². The zero-order valence-electron chi connectivity index (χ0n) is 8.18. The monoisotopic (exact) mass is 196 g/mol. The van der Waals surface area contributed by atoms with E-state index in [4.69, 9.17) is 11.5 Å². The zero-order valence-corrected chi connectivity index (χ0v) is 8.18. The van der Waals surface area contributed by atoms with Crippen molar-refractivity contribution in [3.05, 3.63) is 0 Å². The summed E-state index contributed by atoms with van der Waals surface area (Å²) in [7, 11) is 0. The average Bonchev–Trinajstić information content (AvgIpc) is 2.12. The molecule has 78 valence electrons. The van der Waals surface area contributed by atoms with Crippen LogP contribution in [0, 0.1) is 12.3 Å². The van der Waals surface area contributed by atoms with Crippen LogP contribution in [-0.4, -0.2) is 36.2 Å². The van der Waals surface area contributed by atoms with Crippen LogP contribution in [0.15, 0.2) is 0 Å². The molecule has 0 aromatic carbocycles. The number of nitrogens with one attached hydrogen (secondary N) is 2. The first-order valence-electron chi connectivity index (χ1n) is 4.78. The predicted molar refractivity (Wildman–Crippen MR) is 53.5 cm³/mol. The summed E-state index contributed by atoms with van der Waals surface area (Å²) in [6, 6.07) is 0. The van der Waals surface area contributed by atoms with Crippen LogP contribution in [-0.2, 0) is 4.79 Å². The molecule has 1 saturated carbocycles. The van der Waals surface area contributed by atoms with Crippen LogP contribution in [0.2, 0.25) is 0 Å². The molecule has 1 aliphatic carbocycles. The van der Waals surface area contributed by atoms with Gasteiger partial charge in [0.2, 0.25) is 5.91 Å². The van der Waals surface area contributed by atoms with E-state index >= 15 is 0 Å². The van der Waals surface area contributed by atoms with Gasteiger partial charge in [0.1, 0.15) is 0 Å². The van der Waals surface area contributed by atoms with E-state index in [1.165, 1.54) is 0 Å². The van der Waals surface area contributed by atoms with Crippen molar-refractivity contribution in [2.45, 2.75) is 24.8 Å². The Labute approximate surface area is 84.1 Å². The molecule has 3 N–H and O–H groups in total. The highest BCUT2D eigenvalue weighted by molar-refractivity contribution is 5.79. The number of terminal acetylenes is 1. The summed E-state index contributed by atoms with van der Waals surface area (Å²) in [6.07, 6.45) is 7.82. The number of hydrogen-bond donors (Lipinski definition) is 3. The lowest BCUT2D eigenvalue weighted by molar-refractivity contribution is -0.124. The first-order chi connectivity index (χ1) is 6.72. The van der Waals surface area contributed by atoms with E-state index in [1.54, 1.807) is 0 Å². The molecular formula is C10H16N2O2. The molecule has 1 amide bonds. The van der Waals surface area contributed by atoms with E-state index in [9.17, 15) is 4.79 Å². The van der Waals surface area contributed by atoms with Gasteiger partial charge in [0.25, 0.3) is 0 Å². The number of aliphatic hydroxyl groups is 1. The van der Waals surface area contributed by atoms with Crippen LogP contribution in [0.5, 0.6) is 0 Å². The lowest BCUT2D eigenvalue weighted by atomic mass is 9.77. The lowest BCUT2D eigenvalue weighted by Crippen LogP contribution is -2.57. The average molecular weight is 196 g/mol. The van der Waals surface area contributed by atoms with E-state index < -0.39 is 0 Å². The van der Waals surface area contributed by atoms with Crippen LogP contribution in [0.25, 0.3) is 0 Å². The third-order valence-corrected chi connectivity index (χ3v) is 2.53. The van der Waals surface area contributed by atoms with E-state index in [-0.39, 0.29) is 24.6 Å². The summed E-state index contributed by atoms with van der Waals surface area (Å²) in [6.45, 7) is 0.624. The molecule has 0 radical (unpaired) electrons. The molecule has 0 spiro atoms. The van der Waals surface area contributed by atoms with Crippen molar-refractivity contribution < 1.29 is 9.90 Å². The smallest absolute Gasteiger partial charge is 0.234 e. The Morgan fingerprint density at radius 2 is 2.29 bits per heavy atom. The molecule has 0 bridgehead atoms. The molecule has 4 heteroatoms. The van der Waals surface area contributed by atoms with Crippen molar-refractivity contribution in [2.75, 3.05) is 19.7 Å². The number of carbonyl (C=O) groups excluding carboxylic acids is 1. The van der Waals surface area contributed by atoms with Crippen molar-refractivity contribution in [1.29, 1.82) is 0 Å². The molecule has 0 aromatic heterocycles. The summed E-state index contributed by atoms with van der Waals surface area (Å²) in [4.78, 5) is 11.3. The van der Waals surface area contributed by atoms with Gasteiger partial charge in [0.05, 0.1) is 25.2 Å². The maximum Gasteiger partial charge on any atom is 0.234 e. The quantitative estimate of drug-likeness (QED) is 0.400. The number of hydrogen-bond acceptors (Lipinski definition) is 3. The second-order valence-corrected chi connectivity index (χ2v) is 3.65. The van der Waals surface area contributed by atoms with Gasteiger partial charge in [-0.15, -0.1) is 6.42 Å². The minimum Gasteiger partial charge on any atom is -0.394 e. The van der Waals surface area contributed by atoms with Gasteiger partial charge in [-0.1, -0.05) is 5.92 Å². The van der Waals surface area contributed by atoms with Crippen LogP contribution in [0.4, 0.5) is 0 Å². The van der Waals surface area contributed by atoms with E-state index in [1.807, 2.05) is 0 Å². The highest BCUT2D eigenvalue weighted by Gasteiger charge is 2.37. The van der Waals surface area contributed by atoms with Crippen molar-refractivity contribution >= 4 is 5.91 Å². The third-order valence-electron chi connectivity index (χ3n) is 2.53. The summed E-state index contributed by atoms with van der Waals surface area (Å²) < 4.78 is 0. The van der Waals surface area contributed by atoms with Crippen molar-refractivity contribution in [2.24, 2.45) is 0 Å². The van der Waals surface area contributed by atoms with Gasteiger partial charge in [-0.3, -0.25) is 10.1 Å². The van der Waals surface area contributed by atoms with Crippen LogP contribution >= 0.6 is 0 Å². The molecule has 0 saturated heterocycles. The number of amides is 1. The molecular weight excluding hydrogens is 180 g/mol. The number of aliphatic hydroxyl groups excluding tert-OH is 1. The maximum atomic E-state index is 11.3. The minimum atomic E-state index is -0.352. The SMILES string of the molecule is C#CCNCC(=O)NC1(CO)CCC1. The summed E-state index contributed by atoms with van der Waals surface area (Å²) in [5.74, 6) is 2.28. The molecule has 0 atom stereocenters. The highest BCUT2D eigenvalue weighted by Crippen LogP contribution is 2.30. The number of rotatable bonds is 5. The third kappa shape index (κ3) is 2.72. The number of carbonyl (C=O) groups is 1. The van der Waals surface area contributed by atoms with Gasteiger partial charge in [-0.2, -0.15) is 0 Å². The Morgan fingerprint density at radius 3 is 2.71 bits per heavy atom. The van der Waals surface area contributed by atoms with Crippen molar-refractivity contribution in [3.63, 3.8) is 0 Å². The lowest BCUT2D eigenvalue weighted by Gasteiger charge is -2.40. The molecule has 0 aliphatic heterocycles. The van der Waals surface area contributed by atoms with E-state index in [0.717, 1.165) is 19.3 Å². The molecule has 4 nitrogen and oxygen atoms in total. The van der Waals surface area contributed by atoms with Gasteiger partial charge < -0.3 is 10.4 Å². The van der Waals surface area contributed by atoms with Crippen LogP contribution in [0.3, 0.4) is 0 Å². The summed E-state index contributed by atoms with van der Waals surface area (Å²) >= 11 is 0. The molecule has 14 heavy (non-hydrogen) atoms. The fraction of sp³-hybridized carbons (Fsp3) is 0.700. The first-order valence-corrected chi connectivity index (χ1v) is 4.78. The fourth-order valence-electron chi connectivity index (χ4n) is 1.51. The topological polar surface area (TPSA) is 61.4 Å². The Morgan fingerprint density at radius 1 is 1.57 bits per heavy atom. The molecule has 0 heterocycles. The second kappa shape index (κ2) is 4.99. The standard InChI is InChI=1S/C10H16N2O2/c1-2-6-11-7-9(14)12-10(8-13)4-3-5-10/h1,11,13H,3-8H2,(H,12,14). The Hall–Kier alpha value is -1.05. The highest BCUT2D eigenvalue weighted by atomic mass is 16.3. The molecule has 1 rings (SSSR count). The second-order valence-electron chi connectivity index (χ2n) is 3.65. The van der Waals surface area contributed by atoms with Gasteiger partial charge in [-0.25, -0.2) is 0 Å². The van der Waals surface area contributed by atoms with Gasteiger partial charge in [-0.05, 0) is 19.3 Å². The van der Waals surface area contributed by atoms with E-state index in [2.05, 4.69) is 16.6 Å². The van der Waals surface area contributed by atoms with Gasteiger partial charge in [0.15, 0.2) is 0 Å². The van der Waals surface area contributed by atoms with Gasteiger partial charge >= 0.3 is 0 Å². The Bertz CT molecular complexity index is 235. The van der Waals surface area contributed by atoms with Crippen molar-refractivity contribution in [3.8, 4) is 12.3 Å². The van der Waals surface area contributed by atoms with Crippen LogP contribution in [0.1, 0.15) is 19.3 Å². The summed E-state index contributed by atoms with van der Waals surface area (Å²) in [5.41, 5.74) is -0.352. The predicted octanol–water partition coefficient (Wildman–Crippen LogP) is -0.760.